The molecule has 1 saturated heterocycles. The summed E-state index contributed by atoms with van der Waals surface area (Å²) >= 11 is 0. The summed E-state index contributed by atoms with van der Waals surface area (Å²) in [5, 5.41) is 0.827. The number of fused-ring (bicyclic) bond motifs is 1. The average Bonchev–Trinajstić information content (AvgIpc) is 2.47. The highest BCUT2D eigenvalue weighted by Gasteiger charge is 2.18. The van der Waals surface area contributed by atoms with Crippen molar-refractivity contribution < 1.29 is 13.9 Å². The van der Waals surface area contributed by atoms with Gasteiger partial charge in [-0.2, -0.15) is 0 Å². The molecule has 0 spiro atoms. The number of benzene rings is 1. The maximum absolute atomic E-state index is 13.2. The molecular weight excluding hydrogens is 261 g/mol. The number of nitrogens with zero attached hydrogens (tertiary/aromatic N) is 3. The third kappa shape index (κ3) is 2.71. The number of ether oxygens (including phenoxy) is 2. The summed E-state index contributed by atoms with van der Waals surface area (Å²) in [5.74, 6) is 0.470. The minimum atomic E-state index is -0.297. The second-order valence-electron chi connectivity index (χ2n) is 4.81. The van der Waals surface area contributed by atoms with E-state index in [1.807, 2.05) is 11.9 Å². The fourth-order valence-electron chi connectivity index (χ4n) is 2.35. The fourth-order valence-corrected chi connectivity index (χ4v) is 2.35. The SMILES string of the molecule is CN(C[C@@H]1COCCO1)c1ncnc2cc(F)ccc12. The first-order valence-electron chi connectivity index (χ1n) is 6.55. The van der Waals surface area contributed by atoms with Gasteiger partial charge in [0.25, 0.3) is 0 Å². The quantitative estimate of drug-likeness (QED) is 0.853. The number of hydrogen-bond donors (Lipinski definition) is 0. The molecule has 1 aromatic carbocycles. The molecule has 6 heteroatoms. The Labute approximate surface area is 116 Å². The maximum Gasteiger partial charge on any atom is 0.139 e. The van der Waals surface area contributed by atoms with E-state index in [1.165, 1.54) is 18.5 Å². The first kappa shape index (κ1) is 13.2. The van der Waals surface area contributed by atoms with Crippen LogP contribution in [0, 0.1) is 5.82 Å². The Morgan fingerprint density at radius 1 is 1.35 bits per heavy atom. The van der Waals surface area contributed by atoms with E-state index >= 15 is 0 Å². The number of halogens is 1. The molecule has 3 rings (SSSR count). The van der Waals surface area contributed by atoms with Crippen LogP contribution in [0.4, 0.5) is 10.2 Å². The molecule has 0 radical (unpaired) electrons. The minimum absolute atomic E-state index is 0.0270. The lowest BCUT2D eigenvalue weighted by atomic mass is 10.2. The molecule has 20 heavy (non-hydrogen) atoms. The highest BCUT2D eigenvalue weighted by atomic mass is 19.1. The van der Waals surface area contributed by atoms with Crippen molar-refractivity contribution in [2.24, 2.45) is 0 Å². The first-order valence-corrected chi connectivity index (χ1v) is 6.55. The van der Waals surface area contributed by atoms with Crippen LogP contribution in [-0.4, -0.2) is 49.5 Å². The van der Waals surface area contributed by atoms with Gasteiger partial charge in [0.2, 0.25) is 0 Å². The van der Waals surface area contributed by atoms with E-state index in [4.69, 9.17) is 9.47 Å². The zero-order valence-electron chi connectivity index (χ0n) is 11.3. The van der Waals surface area contributed by atoms with E-state index in [-0.39, 0.29) is 11.9 Å². The molecule has 0 saturated carbocycles. The van der Waals surface area contributed by atoms with Gasteiger partial charge in [0.1, 0.15) is 18.0 Å². The topological polar surface area (TPSA) is 47.5 Å². The highest BCUT2D eigenvalue weighted by molar-refractivity contribution is 5.89. The van der Waals surface area contributed by atoms with E-state index in [0.29, 0.717) is 31.9 Å². The van der Waals surface area contributed by atoms with Crippen molar-refractivity contribution in [3.63, 3.8) is 0 Å². The van der Waals surface area contributed by atoms with E-state index in [0.717, 1.165) is 11.2 Å². The standard InChI is InChI=1S/C14H16FN3O2/c1-18(7-11-8-19-4-5-20-11)14-12-3-2-10(15)6-13(12)16-9-17-14/h2-3,6,9,11H,4-5,7-8H2,1H3/t11-/m1/s1. The zero-order chi connectivity index (χ0) is 13.9. The van der Waals surface area contributed by atoms with Crippen molar-refractivity contribution in [2.75, 3.05) is 38.3 Å². The molecule has 106 valence electrons. The molecule has 1 aromatic heterocycles. The van der Waals surface area contributed by atoms with Gasteiger partial charge in [-0.15, -0.1) is 0 Å². The lowest BCUT2D eigenvalue weighted by Gasteiger charge is -2.28. The van der Waals surface area contributed by atoms with Gasteiger partial charge >= 0.3 is 0 Å². The lowest BCUT2D eigenvalue weighted by molar-refractivity contribution is -0.0837. The Morgan fingerprint density at radius 3 is 3.05 bits per heavy atom. The molecule has 2 heterocycles. The summed E-state index contributed by atoms with van der Waals surface area (Å²) < 4.78 is 24.3. The van der Waals surface area contributed by atoms with Crippen LogP contribution in [0.3, 0.4) is 0 Å². The van der Waals surface area contributed by atoms with Crippen LogP contribution >= 0.6 is 0 Å². The van der Waals surface area contributed by atoms with Gasteiger partial charge in [-0.3, -0.25) is 0 Å². The van der Waals surface area contributed by atoms with Crippen LogP contribution in [0.2, 0.25) is 0 Å². The van der Waals surface area contributed by atoms with Crippen LogP contribution in [0.25, 0.3) is 10.9 Å². The van der Waals surface area contributed by atoms with Crippen molar-refractivity contribution in [3.8, 4) is 0 Å². The van der Waals surface area contributed by atoms with Crippen molar-refractivity contribution in [1.29, 1.82) is 0 Å². The first-order chi connectivity index (χ1) is 9.74. The van der Waals surface area contributed by atoms with Gasteiger partial charge in [0.15, 0.2) is 0 Å². The smallest absolute Gasteiger partial charge is 0.139 e. The van der Waals surface area contributed by atoms with Crippen molar-refractivity contribution in [1.82, 2.24) is 9.97 Å². The highest BCUT2D eigenvalue weighted by Crippen LogP contribution is 2.23. The summed E-state index contributed by atoms with van der Waals surface area (Å²) in [5.41, 5.74) is 0.600. The van der Waals surface area contributed by atoms with Gasteiger partial charge in [-0.05, 0) is 12.1 Å². The second-order valence-corrected chi connectivity index (χ2v) is 4.81. The van der Waals surface area contributed by atoms with E-state index in [1.54, 1.807) is 6.07 Å². The second kappa shape index (κ2) is 5.68. The fraction of sp³-hybridized carbons (Fsp3) is 0.429. The summed E-state index contributed by atoms with van der Waals surface area (Å²) in [6.07, 6.45) is 1.48. The van der Waals surface area contributed by atoms with Gasteiger partial charge in [-0.25, -0.2) is 14.4 Å². The molecule has 2 aromatic rings. The normalized spacial score (nSPS) is 19.2. The molecule has 1 fully saturated rings. The Morgan fingerprint density at radius 2 is 2.25 bits per heavy atom. The van der Waals surface area contributed by atoms with E-state index < -0.39 is 0 Å². The molecule has 0 N–H and O–H groups in total. The Hall–Kier alpha value is -1.79. The Kier molecular flexibility index (Phi) is 3.75. The van der Waals surface area contributed by atoms with Crippen LogP contribution in [0.15, 0.2) is 24.5 Å². The largest absolute Gasteiger partial charge is 0.376 e. The summed E-state index contributed by atoms with van der Waals surface area (Å²) in [6.45, 7) is 2.52. The van der Waals surface area contributed by atoms with Gasteiger partial charge in [-0.1, -0.05) is 0 Å². The molecule has 5 nitrogen and oxygen atoms in total. The van der Waals surface area contributed by atoms with Crippen LogP contribution in [0.1, 0.15) is 0 Å². The summed E-state index contributed by atoms with van der Waals surface area (Å²) in [7, 11) is 1.93. The Balaban J connectivity index is 1.85. The van der Waals surface area contributed by atoms with Crippen LogP contribution < -0.4 is 4.90 Å². The third-order valence-electron chi connectivity index (χ3n) is 3.30. The molecule has 0 aliphatic carbocycles. The maximum atomic E-state index is 13.2. The van der Waals surface area contributed by atoms with E-state index in [9.17, 15) is 4.39 Å². The number of likely N-dealkylation sites (N-methyl/N-ethyl adjacent to an activating group) is 1. The molecule has 0 unspecified atom stereocenters. The molecule has 0 amide bonds. The lowest BCUT2D eigenvalue weighted by Crippen LogP contribution is -2.38. The van der Waals surface area contributed by atoms with Gasteiger partial charge < -0.3 is 14.4 Å². The molecule has 0 bridgehead atoms. The number of hydrogen-bond acceptors (Lipinski definition) is 5. The predicted molar refractivity (Wildman–Crippen MR) is 73.3 cm³/mol. The molecular formula is C14H16FN3O2. The van der Waals surface area contributed by atoms with Crippen molar-refractivity contribution in [2.45, 2.75) is 6.10 Å². The van der Waals surface area contributed by atoms with Crippen molar-refractivity contribution >= 4 is 16.7 Å². The summed E-state index contributed by atoms with van der Waals surface area (Å²) in [6, 6.07) is 4.53. The minimum Gasteiger partial charge on any atom is -0.376 e. The number of anilines is 1. The van der Waals surface area contributed by atoms with Crippen LogP contribution in [-0.2, 0) is 9.47 Å². The Bertz CT molecular complexity index is 602. The number of rotatable bonds is 3. The van der Waals surface area contributed by atoms with E-state index in [2.05, 4.69) is 9.97 Å². The predicted octanol–water partition coefficient (Wildman–Crippen LogP) is 1.62. The zero-order valence-corrected chi connectivity index (χ0v) is 11.3. The van der Waals surface area contributed by atoms with Gasteiger partial charge in [0.05, 0.1) is 31.4 Å². The number of aromatic nitrogens is 2. The average molecular weight is 277 g/mol. The molecule has 1 atom stereocenters. The molecule has 1 aliphatic rings. The third-order valence-corrected chi connectivity index (χ3v) is 3.30. The summed E-state index contributed by atoms with van der Waals surface area (Å²) in [4.78, 5) is 10.4. The monoisotopic (exact) mass is 277 g/mol. The van der Waals surface area contributed by atoms with Crippen molar-refractivity contribution in [3.05, 3.63) is 30.3 Å². The van der Waals surface area contributed by atoms with Gasteiger partial charge in [0, 0.05) is 25.0 Å². The van der Waals surface area contributed by atoms with Crippen LogP contribution in [0.5, 0.6) is 0 Å². The molecule has 1 aliphatic heterocycles.